The number of nitrogens with zero attached hydrogens (tertiary/aromatic N) is 1. The maximum Gasteiger partial charge on any atom is 0.255 e. The van der Waals surface area contributed by atoms with Gasteiger partial charge in [0.2, 0.25) is 0 Å². The molecule has 0 unspecified atom stereocenters. The average Bonchev–Trinajstić information content (AvgIpc) is 3.13. The SMILES string of the molecule is O=C(c1csc2ccccc12)N(CCBr)C1CCCC1. The molecule has 2 nitrogen and oxygen atoms in total. The third kappa shape index (κ3) is 2.63. The van der Waals surface area contributed by atoms with Crippen LogP contribution < -0.4 is 0 Å². The number of benzene rings is 1. The second-order valence-electron chi connectivity index (χ2n) is 5.27. The summed E-state index contributed by atoms with van der Waals surface area (Å²) in [4.78, 5) is 15.0. The van der Waals surface area contributed by atoms with Gasteiger partial charge in [0.05, 0.1) is 5.56 Å². The fourth-order valence-corrected chi connectivity index (χ4v) is 4.37. The standard InChI is InChI=1S/C16H18BrNOS/c17-9-10-18(12-5-1-2-6-12)16(19)14-11-20-15-8-4-3-7-13(14)15/h3-4,7-8,11-12H,1-2,5-6,9-10H2. The molecule has 1 heterocycles. The van der Waals surface area contributed by atoms with Crippen LogP contribution in [0.1, 0.15) is 36.0 Å². The highest BCUT2D eigenvalue weighted by atomic mass is 79.9. The molecule has 1 aliphatic carbocycles. The van der Waals surface area contributed by atoms with Gasteiger partial charge in [0.25, 0.3) is 5.91 Å². The molecule has 1 saturated carbocycles. The zero-order chi connectivity index (χ0) is 13.9. The molecule has 0 N–H and O–H groups in total. The number of alkyl halides is 1. The van der Waals surface area contributed by atoms with E-state index in [-0.39, 0.29) is 5.91 Å². The highest BCUT2D eigenvalue weighted by Gasteiger charge is 2.28. The van der Waals surface area contributed by atoms with Crippen LogP contribution in [0, 0.1) is 0 Å². The van der Waals surface area contributed by atoms with Crippen LogP contribution in [0.5, 0.6) is 0 Å². The lowest BCUT2D eigenvalue weighted by atomic mass is 10.1. The van der Waals surface area contributed by atoms with Crippen LogP contribution in [0.25, 0.3) is 10.1 Å². The Morgan fingerprint density at radius 2 is 2.05 bits per heavy atom. The topological polar surface area (TPSA) is 20.3 Å². The first-order valence-corrected chi connectivity index (χ1v) is 9.14. The van der Waals surface area contributed by atoms with Gasteiger partial charge in [-0.05, 0) is 18.9 Å². The smallest absolute Gasteiger partial charge is 0.255 e. The van der Waals surface area contributed by atoms with Crippen molar-refractivity contribution in [2.45, 2.75) is 31.7 Å². The Labute approximate surface area is 131 Å². The number of thiophene rings is 1. The first kappa shape index (κ1) is 14.1. The van der Waals surface area contributed by atoms with Crippen molar-refractivity contribution in [3.05, 3.63) is 35.2 Å². The monoisotopic (exact) mass is 351 g/mol. The normalized spacial score (nSPS) is 15.8. The molecule has 3 rings (SSSR count). The van der Waals surface area contributed by atoms with E-state index in [1.807, 2.05) is 17.5 Å². The van der Waals surface area contributed by atoms with E-state index in [0.717, 1.165) is 35.7 Å². The number of hydrogen-bond donors (Lipinski definition) is 0. The molecule has 106 valence electrons. The third-order valence-electron chi connectivity index (χ3n) is 4.06. The Hall–Kier alpha value is -0.870. The van der Waals surface area contributed by atoms with Gasteiger partial charge in [-0.15, -0.1) is 11.3 Å². The van der Waals surface area contributed by atoms with E-state index < -0.39 is 0 Å². The molecule has 1 fully saturated rings. The second kappa shape index (κ2) is 6.27. The van der Waals surface area contributed by atoms with Crippen LogP contribution in [0.15, 0.2) is 29.6 Å². The Balaban J connectivity index is 1.92. The lowest BCUT2D eigenvalue weighted by molar-refractivity contribution is 0.0699. The lowest BCUT2D eigenvalue weighted by Gasteiger charge is -2.28. The first-order valence-electron chi connectivity index (χ1n) is 7.14. The molecule has 0 spiro atoms. The number of hydrogen-bond acceptors (Lipinski definition) is 2. The quantitative estimate of drug-likeness (QED) is 0.732. The highest BCUT2D eigenvalue weighted by Crippen LogP contribution is 2.30. The van der Waals surface area contributed by atoms with Crippen LogP contribution >= 0.6 is 27.3 Å². The maximum atomic E-state index is 12.9. The lowest BCUT2D eigenvalue weighted by Crippen LogP contribution is -2.40. The summed E-state index contributed by atoms with van der Waals surface area (Å²) in [5.41, 5.74) is 0.874. The minimum absolute atomic E-state index is 0.203. The van der Waals surface area contributed by atoms with Gasteiger partial charge in [-0.1, -0.05) is 47.0 Å². The van der Waals surface area contributed by atoms with E-state index in [2.05, 4.69) is 33.0 Å². The molecule has 1 aromatic carbocycles. The molecule has 0 saturated heterocycles. The van der Waals surface area contributed by atoms with Gasteiger partial charge >= 0.3 is 0 Å². The average molecular weight is 352 g/mol. The predicted octanol–water partition coefficient (Wildman–Crippen LogP) is 4.68. The summed E-state index contributed by atoms with van der Waals surface area (Å²) in [5.74, 6) is 0.203. The van der Waals surface area contributed by atoms with Crippen LogP contribution in [-0.4, -0.2) is 28.7 Å². The van der Waals surface area contributed by atoms with Gasteiger partial charge in [0.15, 0.2) is 0 Å². The zero-order valence-corrected chi connectivity index (χ0v) is 13.8. The molecule has 0 bridgehead atoms. The molecular weight excluding hydrogens is 334 g/mol. The van der Waals surface area contributed by atoms with E-state index in [1.54, 1.807) is 11.3 Å². The molecule has 4 heteroatoms. The fraction of sp³-hybridized carbons (Fsp3) is 0.438. The van der Waals surface area contributed by atoms with Crippen molar-refractivity contribution >= 4 is 43.3 Å². The van der Waals surface area contributed by atoms with Gasteiger partial charge in [0.1, 0.15) is 0 Å². The number of rotatable bonds is 4. The van der Waals surface area contributed by atoms with Crippen molar-refractivity contribution in [1.82, 2.24) is 4.90 Å². The summed E-state index contributed by atoms with van der Waals surface area (Å²) in [5, 5.41) is 3.96. The van der Waals surface area contributed by atoms with E-state index in [1.165, 1.54) is 17.5 Å². The van der Waals surface area contributed by atoms with Gasteiger partial charge in [-0.3, -0.25) is 4.79 Å². The van der Waals surface area contributed by atoms with Crippen LogP contribution in [-0.2, 0) is 0 Å². The van der Waals surface area contributed by atoms with Crippen molar-refractivity contribution in [3.8, 4) is 0 Å². The van der Waals surface area contributed by atoms with Gasteiger partial charge in [0, 0.05) is 33.4 Å². The van der Waals surface area contributed by atoms with Crippen molar-refractivity contribution < 1.29 is 4.79 Å². The minimum atomic E-state index is 0.203. The summed E-state index contributed by atoms with van der Waals surface area (Å²) < 4.78 is 1.20. The van der Waals surface area contributed by atoms with Crippen molar-refractivity contribution in [1.29, 1.82) is 0 Å². The summed E-state index contributed by atoms with van der Waals surface area (Å²) in [6.45, 7) is 0.799. The molecule has 0 aliphatic heterocycles. The molecule has 2 aromatic rings. The number of carbonyl (C=O) groups is 1. The van der Waals surface area contributed by atoms with E-state index >= 15 is 0 Å². The van der Waals surface area contributed by atoms with E-state index in [0.29, 0.717) is 6.04 Å². The molecule has 1 aromatic heterocycles. The molecule has 1 aliphatic rings. The van der Waals surface area contributed by atoms with Gasteiger partial charge < -0.3 is 4.90 Å². The molecule has 0 radical (unpaired) electrons. The van der Waals surface area contributed by atoms with Gasteiger partial charge in [-0.2, -0.15) is 0 Å². The highest BCUT2D eigenvalue weighted by molar-refractivity contribution is 9.09. The Kier molecular flexibility index (Phi) is 4.41. The summed E-state index contributed by atoms with van der Waals surface area (Å²) in [6, 6.07) is 8.61. The predicted molar refractivity (Wildman–Crippen MR) is 88.9 cm³/mol. The second-order valence-corrected chi connectivity index (χ2v) is 6.98. The third-order valence-corrected chi connectivity index (χ3v) is 5.38. The Morgan fingerprint density at radius 3 is 2.80 bits per heavy atom. The maximum absolute atomic E-state index is 12.9. The molecular formula is C16H18BrNOS. The largest absolute Gasteiger partial charge is 0.335 e. The van der Waals surface area contributed by atoms with E-state index in [9.17, 15) is 4.79 Å². The van der Waals surface area contributed by atoms with Crippen molar-refractivity contribution in [3.63, 3.8) is 0 Å². The first-order chi connectivity index (χ1) is 9.81. The van der Waals surface area contributed by atoms with Crippen molar-refractivity contribution in [2.75, 3.05) is 11.9 Å². The van der Waals surface area contributed by atoms with Crippen LogP contribution in [0.4, 0.5) is 0 Å². The summed E-state index contributed by atoms with van der Waals surface area (Å²) >= 11 is 5.15. The molecule has 1 amide bonds. The van der Waals surface area contributed by atoms with E-state index in [4.69, 9.17) is 0 Å². The summed E-state index contributed by atoms with van der Waals surface area (Å²) in [6.07, 6.45) is 4.81. The zero-order valence-electron chi connectivity index (χ0n) is 11.3. The van der Waals surface area contributed by atoms with Crippen LogP contribution in [0.3, 0.4) is 0 Å². The number of halogens is 1. The Bertz CT molecular complexity index is 603. The van der Waals surface area contributed by atoms with Gasteiger partial charge in [-0.25, -0.2) is 0 Å². The Morgan fingerprint density at radius 1 is 1.30 bits per heavy atom. The minimum Gasteiger partial charge on any atom is -0.335 e. The van der Waals surface area contributed by atoms with Crippen LogP contribution in [0.2, 0.25) is 0 Å². The number of amides is 1. The molecule has 20 heavy (non-hydrogen) atoms. The van der Waals surface area contributed by atoms with Crippen molar-refractivity contribution in [2.24, 2.45) is 0 Å². The summed E-state index contributed by atoms with van der Waals surface area (Å²) in [7, 11) is 0. The number of fused-ring (bicyclic) bond motifs is 1. The molecule has 0 atom stereocenters. The fourth-order valence-electron chi connectivity index (χ4n) is 3.06. The number of carbonyl (C=O) groups excluding carboxylic acids is 1.